The van der Waals surface area contributed by atoms with Crippen LogP contribution in [-0.4, -0.2) is 5.91 Å². The highest BCUT2D eigenvalue weighted by Crippen LogP contribution is 2.19. The maximum Gasteiger partial charge on any atom is 0.265 e. The van der Waals surface area contributed by atoms with Crippen molar-refractivity contribution in [2.75, 3.05) is 5.32 Å². The number of hydrogen-bond donors (Lipinski definition) is 1. The Labute approximate surface area is 103 Å². The fourth-order valence-corrected chi connectivity index (χ4v) is 2.28. The number of anilines is 1. The van der Waals surface area contributed by atoms with E-state index in [9.17, 15) is 9.18 Å². The number of halogens is 1. The molecule has 4 heteroatoms. The molecular weight excluding hydrogens is 237 g/mol. The molecule has 88 valence electrons. The van der Waals surface area contributed by atoms with Gasteiger partial charge in [-0.1, -0.05) is 6.07 Å². The van der Waals surface area contributed by atoms with Crippen molar-refractivity contribution in [2.24, 2.45) is 0 Å². The number of nitrogens with one attached hydrogen (secondary N) is 1. The number of hydrogen-bond acceptors (Lipinski definition) is 2. The van der Waals surface area contributed by atoms with E-state index in [1.165, 1.54) is 17.4 Å². The van der Waals surface area contributed by atoms with Gasteiger partial charge in [-0.3, -0.25) is 4.79 Å². The second kappa shape index (κ2) is 4.67. The topological polar surface area (TPSA) is 29.1 Å². The van der Waals surface area contributed by atoms with Crippen LogP contribution >= 0.6 is 11.3 Å². The van der Waals surface area contributed by atoms with E-state index in [4.69, 9.17) is 0 Å². The summed E-state index contributed by atoms with van der Waals surface area (Å²) in [5.41, 5.74) is 1.97. The number of aryl methyl sites for hydroxylation is 2. The first-order valence-electron chi connectivity index (χ1n) is 5.19. The van der Waals surface area contributed by atoms with Crippen molar-refractivity contribution in [1.29, 1.82) is 0 Å². The third-order valence-electron chi connectivity index (χ3n) is 2.50. The fourth-order valence-electron chi connectivity index (χ4n) is 1.46. The summed E-state index contributed by atoms with van der Waals surface area (Å²) in [6.45, 7) is 3.56. The molecule has 0 fully saturated rings. The molecule has 0 aliphatic carbocycles. The lowest BCUT2D eigenvalue weighted by Gasteiger charge is -2.05. The summed E-state index contributed by atoms with van der Waals surface area (Å²) in [6, 6.07) is 6.55. The summed E-state index contributed by atoms with van der Waals surface area (Å²) >= 11 is 1.38. The molecule has 1 aromatic heterocycles. The van der Waals surface area contributed by atoms with E-state index in [-0.39, 0.29) is 11.7 Å². The molecule has 0 atom stereocenters. The smallest absolute Gasteiger partial charge is 0.265 e. The van der Waals surface area contributed by atoms with Gasteiger partial charge in [0, 0.05) is 5.69 Å². The Morgan fingerprint density at radius 3 is 2.59 bits per heavy atom. The van der Waals surface area contributed by atoms with Crippen molar-refractivity contribution in [3.63, 3.8) is 0 Å². The van der Waals surface area contributed by atoms with Gasteiger partial charge in [0.15, 0.2) is 0 Å². The number of thiophene rings is 1. The van der Waals surface area contributed by atoms with Crippen LogP contribution in [-0.2, 0) is 0 Å². The first-order chi connectivity index (χ1) is 8.08. The summed E-state index contributed by atoms with van der Waals surface area (Å²) in [4.78, 5) is 12.5. The first-order valence-corrected chi connectivity index (χ1v) is 6.07. The molecule has 1 heterocycles. The third-order valence-corrected chi connectivity index (χ3v) is 3.51. The Morgan fingerprint density at radius 2 is 2.00 bits per heavy atom. The van der Waals surface area contributed by atoms with Crippen molar-refractivity contribution in [3.8, 4) is 0 Å². The van der Waals surface area contributed by atoms with Crippen molar-refractivity contribution < 1.29 is 9.18 Å². The van der Waals surface area contributed by atoms with Crippen LogP contribution in [0, 0.1) is 19.7 Å². The molecular formula is C13H12FNOS. The SMILES string of the molecule is Cc1ccc(NC(=O)c2sccc2C)cc1F. The van der Waals surface area contributed by atoms with Gasteiger partial charge in [0.25, 0.3) is 5.91 Å². The van der Waals surface area contributed by atoms with E-state index in [1.807, 2.05) is 18.4 Å². The first kappa shape index (κ1) is 11.8. The summed E-state index contributed by atoms with van der Waals surface area (Å²) in [5.74, 6) is -0.508. The molecule has 0 unspecified atom stereocenters. The lowest BCUT2D eigenvalue weighted by Crippen LogP contribution is -2.11. The maximum absolute atomic E-state index is 13.3. The van der Waals surface area contributed by atoms with E-state index in [2.05, 4.69) is 5.32 Å². The predicted octanol–water partition coefficient (Wildman–Crippen LogP) is 3.76. The molecule has 0 aliphatic rings. The average Bonchev–Trinajstić information content (AvgIpc) is 2.70. The van der Waals surface area contributed by atoms with Crippen LogP contribution in [0.5, 0.6) is 0 Å². The van der Waals surface area contributed by atoms with Crippen LogP contribution in [0.3, 0.4) is 0 Å². The monoisotopic (exact) mass is 249 g/mol. The van der Waals surface area contributed by atoms with Crippen molar-refractivity contribution in [3.05, 3.63) is 51.5 Å². The number of benzene rings is 1. The van der Waals surface area contributed by atoms with Gasteiger partial charge < -0.3 is 5.32 Å². The average molecular weight is 249 g/mol. The lowest BCUT2D eigenvalue weighted by atomic mass is 10.2. The minimum Gasteiger partial charge on any atom is -0.321 e. The molecule has 2 rings (SSSR count). The van der Waals surface area contributed by atoms with Gasteiger partial charge in [-0.2, -0.15) is 0 Å². The highest BCUT2D eigenvalue weighted by atomic mass is 32.1. The van der Waals surface area contributed by atoms with Gasteiger partial charge in [-0.15, -0.1) is 11.3 Å². The highest BCUT2D eigenvalue weighted by molar-refractivity contribution is 7.12. The van der Waals surface area contributed by atoms with Crippen LogP contribution in [0.15, 0.2) is 29.6 Å². The third kappa shape index (κ3) is 2.53. The molecule has 0 aliphatic heterocycles. The van der Waals surface area contributed by atoms with Crippen LogP contribution in [0.2, 0.25) is 0 Å². The molecule has 0 radical (unpaired) electrons. The quantitative estimate of drug-likeness (QED) is 0.862. The van der Waals surface area contributed by atoms with E-state index in [0.29, 0.717) is 16.1 Å². The molecule has 0 saturated carbocycles. The van der Waals surface area contributed by atoms with Gasteiger partial charge in [0.2, 0.25) is 0 Å². The molecule has 2 nitrogen and oxygen atoms in total. The van der Waals surface area contributed by atoms with E-state index >= 15 is 0 Å². The van der Waals surface area contributed by atoms with Crippen molar-refractivity contribution in [1.82, 2.24) is 0 Å². The number of amides is 1. The molecule has 1 amide bonds. The van der Waals surface area contributed by atoms with Crippen LogP contribution < -0.4 is 5.32 Å². The Kier molecular flexibility index (Phi) is 3.24. The van der Waals surface area contributed by atoms with Gasteiger partial charge in [0.1, 0.15) is 5.82 Å². The number of carbonyl (C=O) groups is 1. The largest absolute Gasteiger partial charge is 0.321 e. The molecule has 0 spiro atoms. The Morgan fingerprint density at radius 1 is 1.24 bits per heavy atom. The Bertz CT molecular complexity index is 562. The van der Waals surface area contributed by atoms with Crippen LogP contribution in [0.4, 0.5) is 10.1 Å². The summed E-state index contributed by atoms with van der Waals surface area (Å²) in [7, 11) is 0. The minimum atomic E-state index is -0.314. The summed E-state index contributed by atoms with van der Waals surface area (Å²) in [6.07, 6.45) is 0. The standard InChI is InChI=1S/C13H12FNOS/c1-8-3-4-10(7-11(8)14)15-13(16)12-9(2)5-6-17-12/h3-7H,1-2H3,(H,15,16). The molecule has 0 saturated heterocycles. The Balaban J connectivity index is 2.19. The zero-order valence-corrected chi connectivity index (χ0v) is 10.4. The molecule has 17 heavy (non-hydrogen) atoms. The Hall–Kier alpha value is -1.68. The second-order valence-corrected chi connectivity index (χ2v) is 4.77. The predicted molar refractivity (Wildman–Crippen MR) is 68.1 cm³/mol. The minimum absolute atomic E-state index is 0.194. The maximum atomic E-state index is 13.3. The van der Waals surface area contributed by atoms with Crippen LogP contribution in [0.25, 0.3) is 0 Å². The molecule has 1 aromatic carbocycles. The molecule has 2 aromatic rings. The van der Waals surface area contributed by atoms with Crippen LogP contribution in [0.1, 0.15) is 20.8 Å². The van der Waals surface area contributed by atoms with Crippen molar-refractivity contribution in [2.45, 2.75) is 13.8 Å². The zero-order valence-electron chi connectivity index (χ0n) is 9.58. The van der Waals surface area contributed by atoms with E-state index in [1.54, 1.807) is 19.1 Å². The normalized spacial score (nSPS) is 10.3. The second-order valence-electron chi connectivity index (χ2n) is 3.85. The summed E-state index contributed by atoms with van der Waals surface area (Å²) < 4.78 is 13.3. The lowest BCUT2D eigenvalue weighted by molar-refractivity contribution is 0.103. The van der Waals surface area contributed by atoms with Gasteiger partial charge in [-0.25, -0.2) is 4.39 Å². The van der Waals surface area contributed by atoms with Gasteiger partial charge in [0.05, 0.1) is 4.88 Å². The van der Waals surface area contributed by atoms with Crippen molar-refractivity contribution >= 4 is 22.9 Å². The zero-order chi connectivity index (χ0) is 12.4. The fraction of sp³-hybridized carbons (Fsp3) is 0.154. The van der Waals surface area contributed by atoms with Gasteiger partial charge in [-0.05, 0) is 48.6 Å². The summed E-state index contributed by atoms with van der Waals surface area (Å²) in [5, 5.41) is 4.55. The molecule has 0 bridgehead atoms. The van der Waals surface area contributed by atoms with E-state index < -0.39 is 0 Å². The number of carbonyl (C=O) groups excluding carboxylic acids is 1. The molecule has 1 N–H and O–H groups in total. The highest BCUT2D eigenvalue weighted by Gasteiger charge is 2.11. The number of rotatable bonds is 2. The van der Waals surface area contributed by atoms with E-state index in [0.717, 1.165) is 5.56 Å². The van der Waals surface area contributed by atoms with Gasteiger partial charge >= 0.3 is 0 Å².